The molecule has 0 bridgehead atoms. The third-order valence-electron chi connectivity index (χ3n) is 3.17. The number of hydrogen-bond donors (Lipinski definition) is 2. The second kappa shape index (κ2) is 6.96. The Morgan fingerprint density at radius 1 is 1.25 bits per heavy atom. The van der Waals surface area contributed by atoms with Gasteiger partial charge in [0.25, 0.3) is 0 Å². The van der Waals surface area contributed by atoms with Crippen LogP contribution in [0.2, 0.25) is 0 Å². The fourth-order valence-corrected chi connectivity index (χ4v) is 2.08. The molecule has 2 rings (SSSR count). The maximum atomic E-state index is 5.41. The number of aromatic nitrogens is 2. The molecule has 108 valence electrons. The maximum absolute atomic E-state index is 5.41. The number of ether oxygens (including phenoxy) is 2. The number of aryl methyl sites for hydroxylation is 1. The van der Waals surface area contributed by atoms with E-state index in [1.807, 2.05) is 31.4 Å². The zero-order valence-corrected chi connectivity index (χ0v) is 12.2. The van der Waals surface area contributed by atoms with Crippen LogP contribution in [0.3, 0.4) is 0 Å². The summed E-state index contributed by atoms with van der Waals surface area (Å²) in [5.41, 5.74) is 1.95. The number of benzene rings is 1. The highest BCUT2D eigenvalue weighted by molar-refractivity contribution is 5.68. The standard InChI is InChI=1S/C15H21N3O2/c1-16-8-4-5-15-17-10-13(18-15)12-7-6-11(19-2)9-14(12)20-3/h6-7,9-10,16H,4-5,8H2,1-3H3,(H,17,18). The van der Waals surface area contributed by atoms with E-state index in [2.05, 4.69) is 15.3 Å². The van der Waals surface area contributed by atoms with Gasteiger partial charge in [-0.3, -0.25) is 0 Å². The van der Waals surface area contributed by atoms with Crippen LogP contribution in [-0.2, 0) is 6.42 Å². The third kappa shape index (κ3) is 3.30. The smallest absolute Gasteiger partial charge is 0.131 e. The fraction of sp³-hybridized carbons (Fsp3) is 0.400. The molecule has 0 aliphatic carbocycles. The van der Waals surface area contributed by atoms with E-state index in [-0.39, 0.29) is 0 Å². The predicted molar refractivity (Wildman–Crippen MR) is 79.4 cm³/mol. The lowest BCUT2D eigenvalue weighted by Gasteiger charge is -2.08. The number of rotatable bonds is 7. The minimum absolute atomic E-state index is 0.773. The fourth-order valence-electron chi connectivity index (χ4n) is 2.08. The van der Waals surface area contributed by atoms with Crippen molar-refractivity contribution in [3.8, 4) is 22.8 Å². The van der Waals surface area contributed by atoms with Crippen molar-refractivity contribution in [2.24, 2.45) is 0 Å². The van der Waals surface area contributed by atoms with Crippen molar-refractivity contribution in [3.63, 3.8) is 0 Å². The van der Waals surface area contributed by atoms with Crippen LogP contribution in [0.15, 0.2) is 24.4 Å². The van der Waals surface area contributed by atoms with Gasteiger partial charge in [-0.1, -0.05) is 0 Å². The molecule has 0 atom stereocenters. The molecular formula is C15H21N3O2. The second-order valence-corrected chi connectivity index (χ2v) is 4.52. The Hall–Kier alpha value is -2.01. The lowest BCUT2D eigenvalue weighted by molar-refractivity contribution is 0.395. The van der Waals surface area contributed by atoms with Crippen LogP contribution in [0, 0.1) is 0 Å². The Kier molecular flexibility index (Phi) is 5.01. The van der Waals surface area contributed by atoms with Gasteiger partial charge in [0.1, 0.15) is 17.3 Å². The lowest BCUT2D eigenvalue weighted by Crippen LogP contribution is -2.08. The first kappa shape index (κ1) is 14.4. The van der Waals surface area contributed by atoms with E-state index in [9.17, 15) is 0 Å². The average molecular weight is 275 g/mol. The van der Waals surface area contributed by atoms with Gasteiger partial charge in [-0.2, -0.15) is 0 Å². The van der Waals surface area contributed by atoms with Gasteiger partial charge in [-0.15, -0.1) is 0 Å². The van der Waals surface area contributed by atoms with Crippen molar-refractivity contribution in [1.82, 2.24) is 15.3 Å². The summed E-state index contributed by atoms with van der Waals surface area (Å²) in [6.07, 6.45) is 3.83. The number of H-pyrrole nitrogens is 1. The summed E-state index contributed by atoms with van der Waals surface area (Å²) in [4.78, 5) is 7.75. The van der Waals surface area contributed by atoms with Gasteiger partial charge in [-0.25, -0.2) is 4.98 Å². The van der Waals surface area contributed by atoms with Crippen LogP contribution in [0.4, 0.5) is 0 Å². The van der Waals surface area contributed by atoms with Gasteiger partial charge in [0.15, 0.2) is 0 Å². The summed E-state index contributed by atoms with van der Waals surface area (Å²) in [5, 5.41) is 3.13. The summed E-state index contributed by atoms with van der Waals surface area (Å²) in [6.45, 7) is 0.988. The van der Waals surface area contributed by atoms with Gasteiger partial charge in [0.2, 0.25) is 0 Å². The van der Waals surface area contributed by atoms with E-state index < -0.39 is 0 Å². The molecule has 1 heterocycles. The molecule has 0 unspecified atom stereocenters. The first-order valence-corrected chi connectivity index (χ1v) is 6.69. The van der Waals surface area contributed by atoms with Crippen molar-refractivity contribution in [1.29, 1.82) is 0 Å². The van der Waals surface area contributed by atoms with E-state index in [1.54, 1.807) is 14.2 Å². The SMILES string of the molecule is CNCCCc1ncc(-c2ccc(OC)cc2OC)[nH]1. The minimum atomic E-state index is 0.773. The summed E-state index contributed by atoms with van der Waals surface area (Å²) < 4.78 is 10.6. The number of aromatic amines is 1. The minimum Gasteiger partial charge on any atom is -0.497 e. The summed E-state index contributed by atoms with van der Waals surface area (Å²) in [6, 6.07) is 5.76. The molecule has 0 aliphatic heterocycles. The van der Waals surface area contributed by atoms with E-state index in [1.165, 1.54) is 0 Å². The Labute approximate surface area is 119 Å². The number of imidazole rings is 1. The normalized spacial score (nSPS) is 10.6. The summed E-state index contributed by atoms with van der Waals surface area (Å²) in [5.74, 6) is 2.54. The van der Waals surface area contributed by atoms with Crippen molar-refractivity contribution in [2.75, 3.05) is 27.8 Å². The molecule has 0 saturated carbocycles. The molecule has 2 N–H and O–H groups in total. The number of nitrogens with zero attached hydrogens (tertiary/aromatic N) is 1. The van der Waals surface area contributed by atoms with Crippen molar-refractivity contribution >= 4 is 0 Å². The van der Waals surface area contributed by atoms with Gasteiger partial charge >= 0.3 is 0 Å². The molecule has 20 heavy (non-hydrogen) atoms. The topological polar surface area (TPSA) is 59.2 Å². The molecule has 5 nitrogen and oxygen atoms in total. The van der Waals surface area contributed by atoms with Crippen molar-refractivity contribution in [3.05, 3.63) is 30.2 Å². The number of methoxy groups -OCH3 is 2. The largest absolute Gasteiger partial charge is 0.497 e. The number of nitrogens with one attached hydrogen (secondary N) is 2. The second-order valence-electron chi connectivity index (χ2n) is 4.52. The monoisotopic (exact) mass is 275 g/mol. The van der Waals surface area contributed by atoms with E-state index >= 15 is 0 Å². The van der Waals surface area contributed by atoms with Crippen LogP contribution < -0.4 is 14.8 Å². The van der Waals surface area contributed by atoms with Gasteiger partial charge < -0.3 is 19.8 Å². The molecule has 0 saturated heterocycles. The third-order valence-corrected chi connectivity index (χ3v) is 3.17. The molecule has 0 aliphatic rings. The van der Waals surface area contributed by atoms with Crippen LogP contribution in [0.1, 0.15) is 12.2 Å². The molecule has 0 spiro atoms. The van der Waals surface area contributed by atoms with Crippen LogP contribution >= 0.6 is 0 Å². The van der Waals surface area contributed by atoms with E-state index in [4.69, 9.17) is 9.47 Å². The summed E-state index contributed by atoms with van der Waals surface area (Å²) >= 11 is 0. The van der Waals surface area contributed by atoms with Crippen molar-refractivity contribution < 1.29 is 9.47 Å². The van der Waals surface area contributed by atoms with E-state index in [0.717, 1.165) is 48.0 Å². The van der Waals surface area contributed by atoms with Crippen LogP contribution in [0.5, 0.6) is 11.5 Å². The van der Waals surface area contributed by atoms with Crippen molar-refractivity contribution in [2.45, 2.75) is 12.8 Å². The molecule has 0 radical (unpaired) electrons. The molecule has 2 aromatic rings. The Morgan fingerprint density at radius 3 is 2.80 bits per heavy atom. The van der Waals surface area contributed by atoms with Gasteiger partial charge in [0, 0.05) is 18.1 Å². The molecule has 0 fully saturated rings. The summed E-state index contributed by atoms with van der Waals surface area (Å²) in [7, 11) is 5.25. The highest BCUT2D eigenvalue weighted by Gasteiger charge is 2.10. The van der Waals surface area contributed by atoms with Crippen LogP contribution in [-0.4, -0.2) is 37.8 Å². The lowest BCUT2D eigenvalue weighted by atomic mass is 10.1. The first-order chi connectivity index (χ1) is 9.78. The number of hydrogen-bond acceptors (Lipinski definition) is 4. The molecule has 0 amide bonds. The quantitative estimate of drug-likeness (QED) is 0.761. The van der Waals surface area contributed by atoms with Gasteiger partial charge in [-0.05, 0) is 32.1 Å². The Bertz CT molecular complexity index is 552. The van der Waals surface area contributed by atoms with E-state index in [0.29, 0.717) is 0 Å². The molecule has 1 aromatic heterocycles. The maximum Gasteiger partial charge on any atom is 0.131 e. The molecule has 1 aromatic carbocycles. The predicted octanol–water partition coefficient (Wildman–Crippen LogP) is 2.25. The highest BCUT2D eigenvalue weighted by Crippen LogP contribution is 2.32. The first-order valence-electron chi connectivity index (χ1n) is 6.69. The Balaban J connectivity index is 2.18. The molecular weight excluding hydrogens is 254 g/mol. The Morgan fingerprint density at radius 2 is 2.10 bits per heavy atom. The molecule has 5 heteroatoms. The zero-order valence-electron chi connectivity index (χ0n) is 12.2. The van der Waals surface area contributed by atoms with Crippen LogP contribution in [0.25, 0.3) is 11.3 Å². The average Bonchev–Trinajstić information content (AvgIpc) is 2.95. The highest BCUT2D eigenvalue weighted by atomic mass is 16.5. The van der Waals surface area contributed by atoms with Gasteiger partial charge in [0.05, 0.1) is 26.1 Å². The zero-order chi connectivity index (χ0) is 14.4.